The van der Waals surface area contributed by atoms with Crippen molar-refractivity contribution in [3.05, 3.63) is 18.2 Å². The van der Waals surface area contributed by atoms with Gasteiger partial charge in [-0.15, -0.1) is 0 Å². The number of benzene rings is 1. The average Bonchev–Trinajstić information content (AvgIpc) is 2.44. The second-order valence-corrected chi connectivity index (χ2v) is 7.02. The first-order valence-corrected chi connectivity index (χ1v) is 8.05. The van der Waals surface area contributed by atoms with E-state index in [4.69, 9.17) is 9.47 Å². The summed E-state index contributed by atoms with van der Waals surface area (Å²) in [6.45, 7) is 7.25. The summed E-state index contributed by atoms with van der Waals surface area (Å²) in [5, 5.41) is 5.70. The van der Waals surface area contributed by atoms with Gasteiger partial charge >= 0.3 is 0 Å². The van der Waals surface area contributed by atoms with Gasteiger partial charge in [0.2, 0.25) is 0 Å². The van der Waals surface area contributed by atoms with Crippen LogP contribution in [0.15, 0.2) is 18.2 Å². The number of hydrogen-bond donors (Lipinski definition) is 3. The Kier molecular flexibility index (Phi) is 5.66. The summed E-state index contributed by atoms with van der Waals surface area (Å²) >= 11 is 0. The van der Waals surface area contributed by atoms with Crippen LogP contribution in [-0.2, 0) is 9.59 Å². The summed E-state index contributed by atoms with van der Waals surface area (Å²) in [5.74, 6) is 1.07. The minimum absolute atomic E-state index is 0.0767. The van der Waals surface area contributed by atoms with Crippen molar-refractivity contribution in [3.8, 4) is 11.5 Å². The lowest BCUT2D eigenvalue weighted by atomic mass is 10.1. The lowest BCUT2D eigenvalue weighted by Gasteiger charge is -2.22. The highest BCUT2D eigenvalue weighted by Gasteiger charge is 2.19. The Morgan fingerprint density at radius 1 is 1.08 bits per heavy atom. The van der Waals surface area contributed by atoms with E-state index in [9.17, 15) is 9.59 Å². The smallest absolute Gasteiger partial charge is 0.279 e. The molecule has 0 saturated heterocycles. The van der Waals surface area contributed by atoms with E-state index in [1.165, 1.54) is 0 Å². The molecule has 132 valence electrons. The van der Waals surface area contributed by atoms with Crippen LogP contribution < -0.4 is 25.0 Å². The molecule has 7 heteroatoms. The monoisotopic (exact) mass is 336 g/mol. The summed E-state index contributed by atoms with van der Waals surface area (Å²) in [6, 6.07) is 5.29. The molecule has 0 fully saturated rings. The molecule has 1 unspecified atom stereocenters. The molecule has 1 aromatic rings. The number of amides is 2. The van der Waals surface area contributed by atoms with Crippen molar-refractivity contribution in [1.82, 2.24) is 5.32 Å². The first-order valence-electron chi connectivity index (χ1n) is 8.05. The zero-order valence-electron chi connectivity index (χ0n) is 14.7. The molecule has 0 bridgehead atoms. The third-order valence-electron chi connectivity index (χ3n) is 3.27. The highest BCUT2D eigenvalue weighted by molar-refractivity contribution is 5.92. The second kappa shape index (κ2) is 7.53. The fourth-order valence-corrected chi connectivity index (χ4v) is 2.40. The molecule has 2 rings (SSSR count). The van der Waals surface area contributed by atoms with Crippen molar-refractivity contribution in [2.24, 2.45) is 0 Å². The molecule has 0 aliphatic carbocycles. The Labute approximate surface area is 142 Å². The number of carbonyl (C=O) groups excluding carboxylic acids is 2. The largest absolute Gasteiger partial charge is 0.486 e. The molecule has 3 N–H and O–H groups in total. The third-order valence-corrected chi connectivity index (χ3v) is 3.27. The number of likely N-dealkylation sites (N-methyl/N-ethyl adjacent to an activating group) is 1. The number of carbonyl (C=O) groups is 2. The SMILES string of the molecule is C[NH+](CC(=O)Nc1ccc2c(c1)OCCO2)CC(=O)NC(C)(C)C. The van der Waals surface area contributed by atoms with Gasteiger partial charge in [0, 0.05) is 17.3 Å². The van der Waals surface area contributed by atoms with E-state index < -0.39 is 0 Å². The number of fused-ring (bicyclic) bond motifs is 1. The van der Waals surface area contributed by atoms with Gasteiger partial charge in [-0.25, -0.2) is 0 Å². The molecule has 1 atom stereocenters. The van der Waals surface area contributed by atoms with Gasteiger partial charge in [0.1, 0.15) is 13.2 Å². The molecule has 0 spiro atoms. The predicted molar refractivity (Wildman–Crippen MR) is 90.6 cm³/mol. The van der Waals surface area contributed by atoms with Gasteiger partial charge in [0.25, 0.3) is 11.8 Å². The van der Waals surface area contributed by atoms with Crippen LogP contribution in [-0.4, -0.2) is 50.7 Å². The number of ether oxygens (including phenoxy) is 2. The summed E-state index contributed by atoms with van der Waals surface area (Å²) < 4.78 is 10.9. The predicted octanol–water partition coefficient (Wildman–Crippen LogP) is -0.174. The maximum absolute atomic E-state index is 12.1. The Bertz CT molecular complexity index is 610. The molecular weight excluding hydrogens is 310 g/mol. The minimum atomic E-state index is -0.273. The lowest BCUT2D eigenvalue weighted by molar-refractivity contribution is -0.862. The normalized spacial score (nSPS) is 14.7. The van der Waals surface area contributed by atoms with E-state index in [-0.39, 0.29) is 30.4 Å². The van der Waals surface area contributed by atoms with Crippen LogP contribution in [0.25, 0.3) is 0 Å². The fraction of sp³-hybridized carbons (Fsp3) is 0.529. The van der Waals surface area contributed by atoms with Gasteiger partial charge in [-0.1, -0.05) is 0 Å². The van der Waals surface area contributed by atoms with Gasteiger partial charge in [-0.2, -0.15) is 0 Å². The van der Waals surface area contributed by atoms with Gasteiger partial charge < -0.3 is 25.0 Å². The van der Waals surface area contributed by atoms with Crippen LogP contribution in [0.5, 0.6) is 11.5 Å². The molecule has 0 radical (unpaired) electrons. The molecular formula is C17H26N3O4+. The Morgan fingerprint density at radius 3 is 2.38 bits per heavy atom. The van der Waals surface area contributed by atoms with Gasteiger partial charge in [-0.3, -0.25) is 9.59 Å². The Morgan fingerprint density at radius 2 is 1.71 bits per heavy atom. The molecule has 1 aliphatic heterocycles. The third kappa shape index (κ3) is 5.73. The van der Waals surface area contributed by atoms with Crippen molar-refractivity contribution in [2.75, 3.05) is 38.7 Å². The van der Waals surface area contributed by atoms with Gasteiger partial charge in [0.15, 0.2) is 24.6 Å². The molecule has 1 aromatic carbocycles. The maximum atomic E-state index is 12.1. The highest BCUT2D eigenvalue weighted by atomic mass is 16.6. The van der Waals surface area contributed by atoms with Crippen LogP contribution in [0.2, 0.25) is 0 Å². The molecule has 0 aromatic heterocycles. The van der Waals surface area contributed by atoms with Crippen molar-refractivity contribution >= 4 is 17.5 Å². The van der Waals surface area contributed by atoms with Crippen LogP contribution >= 0.6 is 0 Å². The quantitative estimate of drug-likeness (QED) is 0.697. The Balaban J connectivity index is 1.83. The van der Waals surface area contributed by atoms with Crippen LogP contribution in [0, 0.1) is 0 Å². The van der Waals surface area contributed by atoms with Crippen molar-refractivity contribution in [1.29, 1.82) is 0 Å². The van der Waals surface area contributed by atoms with Crippen LogP contribution in [0.4, 0.5) is 5.69 Å². The number of anilines is 1. The second-order valence-electron chi connectivity index (χ2n) is 7.02. The standard InChI is InChI=1S/C17H25N3O4/c1-17(2,3)19-16(22)11-20(4)10-15(21)18-12-5-6-13-14(9-12)24-8-7-23-13/h5-6,9H,7-8,10-11H2,1-4H3,(H,18,21)(H,19,22)/p+1. The van der Waals surface area contributed by atoms with E-state index in [1.807, 2.05) is 27.8 Å². The zero-order valence-corrected chi connectivity index (χ0v) is 14.7. The number of quaternary nitrogens is 1. The van der Waals surface area contributed by atoms with Gasteiger partial charge in [-0.05, 0) is 32.9 Å². The summed E-state index contributed by atoms with van der Waals surface area (Å²) in [6.07, 6.45) is 0. The van der Waals surface area contributed by atoms with E-state index in [0.717, 1.165) is 4.90 Å². The summed E-state index contributed by atoms with van der Waals surface area (Å²) in [4.78, 5) is 24.8. The molecule has 7 nitrogen and oxygen atoms in total. The first-order chi connectivity index (χ1) is 11.2. The van der Waals surface area contributed by atoms with E-state index in [2.05, 4.69) is 10.6 Å². The number of rotatable bonds is 5. The van der Waals surface area contributed by atoms with Crippen LogP contribution in [0.3, 0.4) is 0 Å². The maximum Gasteiger partial charge on any atom is 0.279 e. The molecule has 1 heterocycles. The van der Waals surface area contributed by atoms with E-state index in [1.54, 1.807) is 18.2 Å². The van der Waals surface area contributed by atoms with E-state index in [0.29, 0.717) is 30.4 Å². The molecule has 2 amide bonds. The number of nitrogens with one attached hydrogen (secondary N) is 3. The summed E-state index contributed by atoms with van der Waals surface area (Å²) in [5.41, 5.74) is 0.376. The zero-order chi connectivity index (χ0) is 17.7. The first kappa shape index (κ1) is 18.1. The number of hydrogen-bond acceptors (Lipinski definition) is 4. The lowest BCUT2D eigenvalue weighted by Crippen LogP contribution is -3.11. The highest BCUT2D eigenvalue weighted by Crippen LogP contribution is 2.32. The van der Waals surface area contributed by atoms with Crippen molar-refractivity contribution in [3.63, 3.8) is 0 Å². The summed E-state index contributed by atoms with van der Waals surface area (Å²) in [7, 11) is 1.81. The van der Waals surface area contributed by atoms with E-state index >= 15 is 0 Å². The van der Waals surface area contributed by atoms with Crippen LogP contribution in [0.1, 0.15) is 20.8 Å². The van der Waals surface area contributed by atoms with Crippen molar-refractivity contribution in [2.45, 2.75) is 26.3 Å². The fourth-order valence-electron chi connectivity index (χ4n) is 2.40. The molecule has 0 saturated carbocycles. The van der Waals surface area contributed by atoms with Crippen molar-refractivity contribution < 1.29 is 24.0 Å². The van der Waals surface area contributed by atoms with Gasteiger partial charge in [0.05, 0.1) is 7.05 Å². The minimum Gasteiger partial charge on any atom is -0.486 e. The average molecular weight is 336 g/mol. The molecule has 1 aliphatic rings. The molecule has 24 heavy (non-hydrogen) atoms. The topological polar surface area (TPSA) is 81.1 Å². The Hall–Kier alpha value is -2.28.